The zero-order valence-electron chi connectivity index (χ0n) is 10.6. The first kappa shape index (κ1) is 14.8. The Bertz CT molecular complexity index is 399. The van der Waals surface area contributed by atoms with Crippen molar-refractivity contribution in [2.45, 2.75) is 13.0 Å². The Morgan fingerprint density at radius 2 is 2.22 bits per heavy atom. The molecule has 0 saturated carbocycles. The summed E-state index contributed by atoms with van der Waals surface area (Å²) in [4.78, 5) is 10.4. The van der Waals surface area contributed by atoms with Gasteiger partial charge in [-0.1, -0.05) is 0 Å². The van der Waals surface area contributed by atoms with Crippen LogP contribution >= 0.6 is 11.8 Å². The Morgan fingerprint density at radius 1 is 1.44 bits per heavy atom. The summed E-state index contributed by atoms with van der Waals surface area (Å²) in [6.45, 7) is 1.53. The van der Waals surface area contributed by atoms with Crippen molar-refractivity contribution >= 4 is 17.4 Å². The summed E-state index contributed by atoms with van der Waals surface area (Å²) < 4.78 is 5.05. The Morgan fingerprint density at radius 3 is 2.83 bits per heavy atom. The molecule has 1 rings (SSSR count). The van der Waals surface area contributed by atoms with E-state index in [0.29, 0.717) is 12.3 Å². The predicted octanol–water partition coefficient (Wildman–Crippen LogP) is 2.45. The molecule has 1 aromatic rings. The largest absolute Gasteiger partial charge is 0.496 e. The van der Waals surface area contributed by atoms with Crippen molar-refractivity contribution < 1.29 is 9.66 Å². The fourth-order valence-electron chi connectivity index (χ4n) is 1.54. The molecule has 0 spiro atoms. The van der Waals surface area contributed by atoms with Crippen molar-refractivity contribution in [3.63, 3.8) is 0 Å². The zero-order valence-corrected chi connectivity index (χ0v) is 11.5. The van der Waals surface area contributed by atoms with Crippen LogP contribution in [0.15, 0.2) is 18.2 Å². The molecule has 0 heterocycles. The molecular formula is C12H18N2O3S. The maximum absolute atomic E-state index is 10.8. The van der Waals surface area contributed by atoms with Crippen LogP contribution in [-0.4, -0.2) is 30.6 Å². The van der Waals surface area contributed by atoms with E-state index >= 15 is 0 Å². The van der Waals surface area contributed by atoms with Crippen LogP contribution < -0.4 is 10.1 Å². The highest BCUT2D eigenvalue weighted by Crippen LogP contribution is 2.22. The van der Waals surface area contributed by atoms with Crippen molar-refractivity contribution in [3.05, 3.63) is 33.9 Å². The van der Waals surface area contributed by atoms with Crippen LogP contribution in [0.5, 0.6) is 5.75 Å². The lowest BCUT2D eigenvalue weighted by Crippen LogP contribution is -2.15. The van der Waals surface area contributed by atoms with Crippen molar-refractivity contribution in [2.24, 2.45) is 0 Å². The van der Waals surface area contributed by atoms with Gasteiger partial charge in [0, 0.05) is 12.6 Å². The highest BCUT2D eigenvalue weighted by molar-refractivity contribution is 7.98. The van der Waals surface area contributed by atoms with Gasteiger partial charge in [0.2, 0.25) is 0 Å². The Hall–Kier alpha value is -1.27. The van der Waals surface area contributed by atoms with Gasteiger partial charge < -0.3 is 10.1 Å². The van der Waals surface area contributed by atoms with E-state index in [0.717, 1.165) is 24.3 Å². The lowest BCUT2D eigenvalue weighted by molar-refractivity contribution is -0.385. The van der Waals surface area contributed by atoms with Gasteiger partial charge in [0.05, 0.1) is 18.1 Å². The van der Waals surface area contributed by atoms with Crippen LogP contribution in [0, 0.1) is 10.1 Å². The molecule has 0 aromatic heterocycles. The molecule has 1 N–H and O–H groups in total. The monoisotopic (exact) mass is 270 g/mol. The SMILES string of the molecule is COc1cc(CNCCCSC)cc([N+](=O)[O-])c1. The average Bonchev–Trinajstić information content (AvgIpc) is 2.38. The molecule has 0 aliphatic carbocycles. The first-order chi connectivity index (χ1) is 8.67. The number of benzene rings is 1. The fraction of sp³-hybridized carbons (Fsp3) is 0.500. The normalized spacial score (nSPS) is 10.3. The second-order valence-corrected chi connectivity index (χ2v) is 4.81. The molecular weight excluding hydrogens is 252 g/mol. The van der Waals surface area contributed by atoms with E-state index in [2.05, 4.69) is 11.6 Å². The lowest BCUT2D eigenvalue weighted by Gasteiger charge is -2.06. The van der Waals surface area contributed by atoms with E-state index in [9.17, 15) is 10.1 Å². The third-order valence-electron chi connectivity index (χ3n) is 2.43. The van der Waals surface area contributed by atoms with Crippen LogP contribution in [0.2, 0.25) is 0 Å². The molecule has 0 aliphatic rings. The first-order valence-electron chi connectivity index (χ1n) is 5.69. The molecule has 6 heteroatoms. The highest BCUT2D eigenvalue weighted by atomic mass is 32.2. The van der Waals surface area contributed by atoms with Crippen molar-refractivity contribution in [1.82, 2.24) is 5.32 Å². The van der Waals surface area contributed by atoms with Gasteiger partial charge in [0.15, 0.2) is 0 Å². The summed E-state index contributed by atoms with van der Waals surface area (Å²) in [6.07, 6.45) is 3.17. The van der Waals surface area contributed by atoms with E-state index in [4.69, 9.17) is 4.74 Å². The van der Waals surface area contributed by atoms with E-state index < -0.39 is 4.92 Å². The number of ether oxygens (including phenoxy) is 1. The number of nitro groups is 1. The van der Waals surface area contributed by atoms with Gasteiger partial charge in [0.25, 0.3) is 5.69 Å². The molecule has 0 amide bonds. The number of nitrogens with zero attached hydrogens (tertiary/aromatic N) is 1. The van der Waals surface area contributed by atoms with Crippen LogP contribution in [0.4, 0.5) is 5.69 Å². The molecule has 1 aromatic carbocycles. The highest BCUT2D eigenvalue weighted by Gasteiger charge is 2.09. The summed E-state index contributed by atoms with van der Waals surface area (Å²) >= 11 is 1.81. The first-order valence-corrected chi connectivity index (χ1v) is 7.08. The molecule has 0 fully saturated rings. The Kier molecular flexibility index (Phi) is 6.53. The predicted molar refractivity (Wildman–Crippen MR) is 74.4 cm³/mol. The summed E-state index contributed by atoms with van der Waals surface area (Å²) in [5.41, 5.74) is 0.931. The Balaban J connectivity index is 2.58. The minimum Gasteiger partial charge on any atom is -0.496 e. The van der Waals surface area contributed by atoms with Crippen molar-refractivity contribution in [2.75, 3.05) is 25.7 Å². The van der Waals surface area contributed by atoms with Gasteiger partial charge in [0.1, 0.15) is 5.75 Å². The van der Waals surface area contributed by atoms with Gasteiger partial charge in [-0.2, -0.15) is 11.8 Å². The molecule has 100 valence electrons. The molecule has 0 bridgehead atoms. The maximum atomic E-state index is 10.8. The minimum atomic E-state index is -0.403. The number of nitro benzene ring substituents is 1. The summed E-state index contributed by atoms with van der Waals surface area (Å²) in [5, 5.41) is 14.0. The number of hydrogen-bond acceptors (Lipinski definition) is 5. The fourth-order valence-corrected chi connectivity index (χ4v) is 1.98. The van der Waals surface area contributed by atoms with Gasteiger partial charge in [-0.05, 0) is 36.6 Å². The van der Waals surface area contributed by atoms with Crippen LogP contribution in [0.1, 0.15) is 12.0 Å². The molecule has 5 nitrogen and oxygen atoms in total. The van der Waals surface area contributed by atoms with Crippen molar-refractivity contribution in [3.8, 4) is 5.75 Å². The molecule has 0 saturated heterocycles. The number of hydrogen-bond donors (Lipinski definition) is 1. The third kappa shape index (κ3) is 4.93. The van der Waals surface area contributed by atoms with Gasteiger partial charge in [-0.3, -0.25) is 10.1 Å². The van der Waals surface area contributed by atoms with Gasteiger partial charge in [-0.25, -0.2) is 0 Å². The number of methoxy groups -OCH3 is 1. The van der Waals surface area contributed by atoms with Crippen LogP contribution in [0.3, 0.4) is 0 Å². The maximum Gasteiger partial charge on any atom is 0.273 e. The van der Waals surface area contributed by atoms with E-state index in [1.807, 2.05) is 17.8 Å². The van der Waals surface area contributed by atoms with E-state index in [-0.39, 0.29) is 5.69 Å². The summed E-state index contributed by atoms with van der Waals surface area (Å²) in [5.74, 6) is 1.63. The molecule has 0 aliphatic heterocycles. The standard InChI is InChI=1S/C12H18N2O3S/c1-17-12-7-10(6-11(8-12)14(15)16)9-13-4-3-5-18-2/h6-8,13H,3-5,9H2,1-2H3. The van der Waals surface area contributed by atoms with Crippen molar-refractivity contribution in [1.29, 1.82) is 0 Å². The second-order valence-electron chi connectivity index (χ2n) is 3.82. The Labute approximate surface area is 111 Å². The second kappa shape index (κ2) is 7.94. The molecule has 0 unspecified atom stereocenters. The van der Waals surface area contributed by atoms with E-state index in [1.165, 1.54) is 13.2 Å². The molecule has 18 heavy (non-hydrogen) atoms. The topological polar surface area (TPSA) is 64.4 Å². The average molecular weight is 270 g/mol. The smallest absolute Gasteiger partial charge is 0.273 e. The number of nitrogens with one attached hydrogen (secondary N) is 1. The number of rotatable bonds is 8. The molecule has 0 atom stereocenters. The van der Waals surface area contributed by atoms with Gasteiger partial charge >= 0.3 is 0 Å². The van der Waals surface area contributed by atoms with Crippen LogP contribution in [0.25, 0.3) is 0 Å². The van der Waals surface area contributed by atoms with Gasteiger partial charge in [-0.15, -0.1) is 0 Å². The quantitative estimate of drug-likeness (QED) is 0.446. The number of non-ortho nitro benzene ring substituents is 1. The van der Waals surface area contributed by atoms with Crippen LogP contribution in [-0.2, 0) is 6.54 Å². The minimum absolute atomic E-state index is 0.0651. The third-order valence-corrected chi connectivity index (χ3v) is 3.13. The number of thioether (sulfide) groups is 1. The summed E-state index contributed by atoms with van der Waals surface area (Å²) in [6, 6.07) is 4.82. The summed E-state index contributed by atoms with van der Waals surface area (Å²) in [7, 11) is 1.51. The lowest BCUT2D eigenvalue weighted by atomic mass is 10.2. The van der Waals surface area contributed by atoms with E-state index in [1.54, 1.807) is 6.07 Å². The zero-order chi connectivity index (χ0) is 13.4. The molecule has 0 radical (unpaired) electrons.